The van der Waals surface area contributed by atoms with Gasteiger partial charge in [-0.2, -0.15) is 0 Å². The minimum Gasteiger partial charge on any atom is -0.460 e. The first-order valence-electron chi connectivity index (χ1n) is 19.1. The van der Waals surface area contributed by atoms with Crippen molar-refractivity contribution in [2.24, 2.45) is 11.7 Å². The third-order valence-electron chi connectivity index (χ3n) is 7.51. The minimum absolute atomic E-state index is 0.0123. The molecule has 0 spiro atoms. The zero-order valence-electron chi connectivity index (χ0n) is 36.9. The highest BCUT2D eigenvalue weighted by Gasteiger charge is 2.48. The van der Waals surface area contributed by atoms with Crippen LogP contribution in [0.5, 0.6) is 0 Å². The fraction of sp³-hybridized carbons (Fsp3) is 0.732. The molecule has 3 unspecified atom stereocenters. The largest absolute Gasteiger partial charge is 0.460 e. The molecule has 3 N–H and O–H groups in total. The molecule has 0 fully saturated rings. The Kier molecular flexibility index (Phi) is 17.4. The van der Waals surface area contributed by atoms with Crippen LogP contribution >= 0.6 is 0 Å². The van der Waals surface area contributed by atoms with E-state index in [0.717, 1.165) is 0 Å². The van der Waals surface area contributed by atoms with Gasteiger partial charge in [-0.1, -0.05) is 12.1 Å². The zero-order valence-corrected chi connectivity index (χ0v) is 36.9. The zero-order chi connectivity index (χ0) is 44.5. The molecule has 0 bridgehead atoms. The highest BCUT2D eigenvalue weighted by Crippen LogP contribution is 2.30. The van der Waals surface area contributed by atoms with Gasteiger partial charge in [-0.05, 0) is 123 Å². The van der Waals surface area contributed by atoms with Crippen molar-refractivity contribution < 1.29 is 52.6 Å². The Morgan fingerprint density at radius 3 is 1.51 bits per heavy atom. The van der Waals surface area contributed by atoms with Crippen LogP contribution in [0.25, 0.3) is 0 Å². The lowest BCUT2D eigenvalue weighted by Crippen LogP contribution is -2.62. The summed E-state index contributed by atoms with van der Waals surface area (Å²) in [6.07, 6.45) is -0.633. The van der Waals surface area contributed by atoms with E-state index >= 15 is 0 Å². The van der Waals surface area contributed by atoms with Gasteiger partial charge in [-0.3, -0.25) is 34.7 Å². The first-order chi connectivity index (χ1) is 25.5. The average molecular weight is 809 g/mol. The molecule has 0 saturated heterocycles. The Balaban J connectivity index is 3.92. The number of nitrogens with one attached hydrogen (secondary N) is 1. The Bertz CT molecular complexity index is 1530. The summed E-state index contributed by atoms with van der Waals surface area (Å²) in [5.74, 6) is -5.08. The number of nitro benzene ring substituents is 1. The van der Waals surface area contributed by atoms with Crippen molar-refractivity contribution >= 4 is 35.5 Å². The molecule has 16 heteroatoms. The van der Waals surface area contributed by atoms with Gasteiger partial charge in [0.1, 0.15) is 33.5 Å². The van der Waals surface area contributed by atoms with Crippen LogP contribution in [0.3, 0.4) is 0 Å². The normalized spacial score (nSPS) is 14.9. The lowest BCUT2D eigenvalue weighted by atomic mass is 9.77. The third kappa shape index (κ3) is 20.2. The van der Waals surface area contributed by atoms with Crippen LogP contribution in [-0.2, 0) is 54.1 Å². The standard InChI is InChI=1S/C41H68N4O12/c1-26(43-32(33(48)55-38(8,9)10)34(49)56-39(11,12)13)23-44(25-31(47)54-37(5,6)7)24-28(21-27-17-19-29(20-18-27)45(51)52)41(42,35(50)57-40(14,15)16)22-30(46)53-36(2,3)4/h17-20,26,28,32,43H,21-25,42H2,1-16H3. The number of nitro groups is 1. The summed E-state index contributed by atoms with van der Waals surface area (Å²) in [7, 11) is 0. The summed E-state index contributed by atoms with van der Waals surface area (Å²) in [6.45, 7) is 26.2. The predicted octanol–water partition coefficient (Wildman–Crippen LogP) is 5.20. The number of rotatable bonds is 17. The topological polar surface area (TPSA) is 216 Å². The van der Waals surface area contributed by atoms with E-state index in [9.17, 15) is 34.1 Å². The van der Waals surface area contributed by atoms with Crippen LogP contribution in [-0.4, -0.2) is 105 Å². The Labute approximate surface area is 338 Å². The second-order valence-corrected chi connectivity index (χ2v) is 19.5. The maximum Gasteiger partial charge on any atom is 0.335 e. The summed E-state index contributed by atoms with van der Waals surface area (Å²) in [4.78, 5) is 80.5. The number of non-ortho nitro benzene ring substituents is 1. The second-order valence-electron chi connectivity index (χ2n) is 19.5. The molecule has 324 valence electrons. The van der Waals surface area contributed by atoms with Crippen molar-refractivity contribution in [1.29, 1.82) is 0 Å². The molecule has 57 heavy (non-hydrogen) atoms. The second kappa shape index (κ2) is 19.5. The molecule has 0 radical (unpaired) electrons. The van der Waals surface area contributed by atoms with E-state index in [1.54, 1.807) is 116 Å². The molecule has 0 aliphatic rings. The van der Waals surface area contributed by atoms with Gasteiger partial charge in [0.05, 0.1) is 17.9 Å². The maximum absolute atomic E-state index is 14.2. The monoisotopic (exact) mass is 808 g/mol. The molecule has 1 rings (SSSR count). The molecular weight excluding hydrogens is 740 g/mol. The molecule has 3 atom stereocenters. The number of nitrogens with zero attached hydrogens (tertiary/aromatic N) is 2. The number of nitrogens with two attached hydrogens (primary N) is 1. The van der Waals surface area contributed by atoms with E-state index in [-0.39, 0.29) is 31.7 Å². The molecule has 0 heterocycles. The van der Waals surface area contributed by atoms with Crippen molar-refractivity contribution in [2.45, 2.75) is 169 Å². The van der Waals surface area contributed by atoms with Crippen molar-refractivity contribution in [3.05, 3.63) is 39.9 Å². The minimum atomic E-state index is -2.07. The lowest BCUT2D eigenvalue weighted by Gasteiger charge is -2.40. The number of benzene rings is 1. The lowest BCUT2D eigenvalue weighted by molar-refractivity contribution is -0.384. The highest BCUT2D eigenvalue weighted by atomic mass is 16.6. The maximum atomic E-state index is 14.2. The van der Waals surface area contributed by atoms with E-state index < -0.39 is 92.7 Å². The number of hydrogen-bond acceptors (Lipinski definition) is 15. The Hall–Kier alpha value is -4.15. The number of esters is 5. The molecule has 0 amide bonds. The van der Waals surface area contributed by atoms with Crippen LogP contribution in [0.4, 0.5) is 5.69 Å². The van der Waals surface area contributed by atoms with Crippen molar-refractivity contribution in [2.75, 3.05) is 19.6 Å². The van der Waals surface area contributed by atoms with Gasteiger partial charge in [0.25, 0.3) is 5.69 Å². The molecule has 0 aliphatic heterocycles. The molecule has 0 aliphatic carbocycles. The number of ether oxygens (including phenoxy) is 5. The van der Waals surface area contributed by atoms with Crippen LogP contribution in [0.15, 0.2) is 24.3 Å². The van der Waals surface area contributed by atoms with Gasteiger partial charge < -0.3 is 29.4 Å². The number of carbonyl (C=O) groups excluding carboxylic acids is 5. The van der Waals surface area contributed by atoms with Crippen LogP contribution in [0, 0.1) is 16.0 Å². The summed E-state index contributed by atoms with van der Waals surface area (Å²) in [6, 6.07) is 3.37. The van der Waals surface area contributed by atoms with E-state index in [2.05, 4.69) is 5.32 Å². The van der Waals surface area contributed by atoms with E-state index in [4.69, 9.17) is 29.4 Å². The summed E-state index contributed by atoms with van der Waals surface area (Å²) in [5.41, 5.74) is 0.672. The van der Waals surface area contributed by atoms with Crippen molar-refractivity contribution in [3.63, 3.8) is 0 Å². The average Bonchev–Trinajstić information content (AvgIpc) is 2.94. The van der Waals surface area contributed by atoms with Gasteiger partial charge in [-0.15, -0.1) is 0 Å². The molecule has 0 saturated carbocycles. The smallest absolute Gasteiger partial charge is 0.335 e. The number of carbonyl (C=O) groups is 5. The van der Waals surface area contributed by atoms with Crippen LogP contribution < -0.4 is 11.1 Å². The first kappa shape index (κ1) is 50.9. The third-order valence-corrected chi connectivity index (χ3v) is 7.51. The molecular formula is C41H68N4O12. The van der Waals surface area contributed by atoms with Gasteiger partial charge in [0.15, 0.2) is 0 Å². The predicted molar refractivity (Wildman–Crippen MR) is 214 cm³/mol. The van der Waals surface area contributed by atoms with E-state index in [1.165, 1.54) is 24.3 Å². The van der Waals surface area contributed by atoms with E-state index in [0.29, 0.717) is 5.56 Å². The summed E-state index contributed by atoms with van der Waals surface area (Å²) in [5, 5.41) is 14.5. The Morgan fingerprint density at radius 1 is 0.684 bits per heavy atom. The van der Waals surface area contributed by atoms with Gasteiger partial charge in [0, 0.05) is 37.2 Å². The van der Waals surface area contributed by atoms with Gasteiger partial charge >= 0.3 is 29.8 Å². The van der Waals surface area contributed by atoms with Crippen molar-refractivity contribution in [3.8, 4) is 0 Å². The van der Waals surface area contributed by atoms with Gasteiger partial charge in [0.2, 0.25) is 6.04 Å². The summed E-state index contributed by atoms with van der Waals surface area (Å²) >= 11 is 0. The molecule has 16 nitrogen and oxygen atoms in total. The molecule has 0 aromatic heterocycles. The first-order valence-corrected chi connectivity index (χ1v) is 19.1. The highest BCUT2D eigenvalue weighted by molar-refractivity contribution is 5.99. The quantitative estimate of drug-likeness (QED) is 0.0680. The Morgan fingerprint density at radius 2 is 1.11 bits per heavy atom. The van der Waals surface area contributed by atoms with Crippen LogP contribution in [0.2, 0.25) is 0 Å². The number of hydrogen-bond donors (Lipinski definition) is 2. The van der Waals surface area contributed by atoms with Crippen LogP contribution in [0.1, 0.15) is 123 Å². The molecule has 1 aromatic rings. The fourth-order valence-electron chi connectivity index (χ4n) is 5.57. The van der Waals surface area contributed by atoms with E-state index in [1.807, 2.05) is 0 Å². The fourth-order valence-corrected chi connectivity index (χ4v) is 5.57. The van der Waals surface area contributed by atoms with Crippen molar-refractivity contribution in [1.82, 2.24) is 10.2 Å². The molecule has 1 aromatic carbocycles. The summed E-state index contributed by atoms with van der Waals surface area (Å²) < 4.78 is 28.2. The SMILES string of the molecule is CC(CN(CC(=O)OC(C)(C)C)CC(Cc1ccc([N+](=O)[O-])cc1)C(N)(CC(=O)OC(C)(C)C)C(=O)OC(C)(C)C)NC(C(=O)OC(C)(C)C)C(=O)OC(C)(C)C. The van der Waals surface area contributed by atoms with Gasteiger partial charge in [-0.25, -0.2) is 9.59 Å².